The molecule has 0 unspecified atom stereocenters. The van der Waals surface area contributed by atoms with Gasteiger partial charge in [-0.1, -0.05) is 19.1 Å². The van der Waals surface area contributed by atoms with E-state index in [1.807, 2.05) is 38.2 Å². The Morgan fingerprint density at radius 2 is 1.85 bits per heavy atom. The van der Waals surface area contributed by atoms with Crippen LogP contribution in [0, 0.1) is 5.92 Å². The van der Waals surface area contributed by atoms with Gasteiger partial charge in [-0.25, -0.2) is 0 Å². The summed E-state index contributed by atoms with van der Waals surface area (Å²) in [5, 5.41) is 2.97. The van der Waals surface area contributed by atoms with Crippen LogP contribution in [0.3, 0.4) is 0 Å². The summed E-state index contributed by atoms with van der Waals surface area (Å²) in [4.78, 5) is 28.5. The molecule has 150 valence electrons. The number of likely N-dealkylation sites (tertiary alicyclic amines) is 1. The molecule has 2 rings (SSSR count). The number of nitrogens with zero attached hydrogens (tertiary/aromatic N) is 2. The zero-order valence-corrected chi connectivity index (χ0v) is 16.9. The SMILES string of the molecule is CCCNC(=O)C1CCN(CC(=O)N(C)Cc2ccc(OCC)cc2)CC1. The summed E-state index contributed by atoms with van der Waals surface area (Å²) >= 11 is 0. The lowest BCUT2D eigenvalue weighted by atomic mass is 9.96. The van der Waals surface area contributed by atoms with Gasteiger partial charge in [-0.2, -0.15) is 0 Å². The standard InChI is InChI=1S/C21H33N3O3/c1-4-12-22-21(26)18-10-13-24(14-11-18)16-20(25)23(3)15-17-6-8-19(9-7-17)27-5-2/h6-9,18H,4-5,10-16H2,1-3H3,(H,22,26). The maximum Gasteiger partial charge on any atom is 0.236 e. The molecule has 0 aliphatic carbocycles. The normalized spacial score (nSPS) is 15.4. The number of ether oxygens (including phenoxy) is 1. The Labute approximate surface area is 162 Å². The smallest absolute Gasteiger partial charge is 0.236 e. The van der Waals surface area contributed by atoms with E-state index in [0.717, 1.165) is 50.2 Å². The first-order valence-electron chi connectivity index (χ1n) is 9.99. The van der Waals surface area contributed by atoms with E-state index in [1.165, 1.54) is 0 Å². The maximum atomic E-state index is 12.5. The Hall–Kier alpha value is -2.08. The van der Waals surface area contributed by atoms with E-state index in [0.29, 0.717) is 19.7 Å². The highest BCUT2D eigenvalue weighted by atomic mass is 16.5. The molecule has 1 heterocycles. The first-order chi connectivity index (χ1) is 13.0. The van der Waals surface area contributed by atoms with Crippen LogP contribution in [-0.4, -0.2) is 61.4 Å². The molecule has 27 heavy (non-hydrogen) atoms. The molecule has 0 bridgehead atoms. The molecule has 1 aliphatic heterocycles. The largest absolute Gasteiger partial charge is 0.494 e. The van der Waals surface area contributed by atoms with Gasteiger partial charge >= 0.3 is 0 Å². The second-order valence-electron chi connectivity index (χ2n) is 7.17. The topological polar surface area (TPSA) is 61.9 Å². The minimum Gasteiger partial charge on any atom is -0.494 e. The summed E-state index contributed by atoms with van der Waals surface area (Å²) in [6.45, 7) is 8.00. The molecular formula is C21H33N3O3. The highest BCUT2D eigenvalue weighted by Crippen LogP contribution is 2.18. The predicted molar refractivity (Wildman–Crippen MR) is 107 cm³/mol. The van der Waals surface area contributed by atoms with Gasteiger partial charge < -0.3 is 15.0 Å². The van der Waals surface area contributed by atoms with Crippen molar-refractivity contribution in [3.05, 3.63) is 29.8 Å². The van der Waals surface area contributed by atoms with Crippen molar-refractivity contribution >= 4 is 11.8 Å². The summed E-state index contributed by atoms with van der Waals surface area (Å²) in [7, 11) is 1.84. The molecule has 1 N–H and O–H groups in total. The van der Waals surface area contributed by atoms with Gasteiger partial charge in [-0.15, -0.1) is 0 Å². The van der Waals surface area contributed by atoms with Crippen molar-refractivity contribution in [2.75, 3.05) is 39.8 Å². The summed E-state index contributed by atoms with van der Waals surface area (Å²) in [6, 6.07) is 7.86. The van der Waals surface area contributed by atoms with Gasteiger partial charge in [0.05, 0.1) is 13.2 Å². The Balaban J connectivity index is 1.74. The van der Waals surface area contributed by atoms with Crippen molar-refractivity contribution < 1.29 is 14.3 Å². The number of nitrogens with one attached hydrogen (secondary N) is 1. The minimum atomic E-state index is 0.0875. The third-order valence-electron chi connectivity index (χ3n) is 4.95. The van der Waals surface area contributed by atoms with Crippen LogP contribution in [0.2, 0.25) is 0 Å². The molecule has 1 aromatic carbocycles. The van der Waals surface area contributed by atoms with E-state index in [4.69, 9.17) is 4.74 Å². The number of likely N-dealkylation sites (N-methyl/N-ethyl adjacent to an activating group) is 1. The van der Waals surface area contributed by atoms with Gasteiger partial charge in [0.2, 0.25) is 11.8 Å². The van der Waals surface area contributed by atoms with Crippen LogP contribution in [0.4, 0.5) is 0 Å². The van der Waals surface area contributed by atoms with E-state index in [9.17, 15) is 9.59 Å². The summed E-state index contributed by atoms with van der Waals surface area (Å²) in [5.41, 5.74) is 1.08. The van der Waals surface area contributed by atoms with Crippen LogP contribution in [0.25, 0.3) is 0 Å². The van der Waals surface area contributed by atoms with Crippen molar-refractivity contribution in [2.45, 2.75) is 39.7 Å². The minimum absolute atomic E-state index is 0.0875. The molecular weight excluding hydrogens is 342 g/mol. The molecule has 1 fully saturated rings. The Kier molecular flexibility index (Phi) is 8.58. The molecule has 1 aromatic rings. The van der Waals surface area contributed by atoms with Gasteiger partial charge in [-0.05, 0) is 57.0 Å². The number of hydrogen-bond acceptors (Lipinski definition) is 4. The summed E-state index contributed by atoms with van der Waals surface area (Å²) in [5.74, 6) is 1.21. The van der Waals surface area contributed by atoms with E-state index in [-0.39, 0.29) is 17.7 Å². The van der Waals surface area contributed by atoms with Gasteiger partial charge in [0.15, 0.2) is 0 Å². The average Bonchev–Trinajstić information content (AvgIpc) is 2.68. The van der Waals surface area contributed by atoms with Crippen molar-refractivity contribution in [3.63, 3.8) is 0 Å². The average molecular weight is 376 g/mol. The lowest BCUT2D eigenvalue weighted by Crippen LogP contribution is -2.44. The van der Waals surface area contributed by atoms with Crippen LogP contribution in [0.5, 0.6) is 5.75 Å². The molecule has 1 saturated heterocycles. The molecule has 0 spiro atoms. The number of benzene rings is 1. The fraction of sp³-hybridized carbons (Fsp3) is 0.619. The summed E-state index contributed by atoms with van der Waals surface area (Å²) < 4.78 is 5.45. The second kappa shape index (κ2) is 10.9. The van der Waals surface area contributed by atoms with Gasteiger partial charge in [0.1, 0.15) is 5.75 Å². The molecule has 6 heteroatoms. The number of amides is 2. The molecule has 1 aliphatic rings. The molecule has 0 radical (unpaired) electrons. The van der Waals surface area contributed by atoms with Crippen LogP contribution in [0.1, 0.15) is 38.7 Å². The number of piperidine rings is 1. The third-order valence-corrected chi connectivity index (χ3v) is 4.95. The molecule has 0 saturated carbocycles. The van der Waals surface area contributed by atoms with E-state index in [2.05, 4.69) is 17.1 Å². The highest BCUT2D eigenvalue weighted by molar-refractivity contribution is 5.79. The van der Waals surface area contributed by atoms with Crippen LogP contribution in [-0.2, 0) is 16.1 Å². The Bertz CT molecular complexity index is 595. The van der Waals surface area contributed by atoms with Gasteiger partial charge in [0, 0.05) is 26.1 Å². The van der Waals surface area contributed by atoms with Crippen LogP contribution >= 0.6 is 0 Å². The summed E-state index contributed by atoms with van der Waals surface area (Å²) in [6.07, 6.45) is 2.61. The zero-order chi connectivity index (χ0) is 19.6. The molecule has 0 atom stereocenters. The fourth-order valence-corrected chi connectivity index (χ4v) is 3.28. The maximum absolute atomic E-state index is 12.5. The van der Waals surface area contributed by atoms with Crippen molar-refractivity contribution in [1.82, 2.24) is 15.1 Å². The van der Waals surface area contributed by atoms with Crippen molar-refractivity contribution in [2.24, 2.45) is 5.92 Å². The lowest BCUT2D eigenvalue weighted by Gasteiger charge is -2.32. The number of rotatable bonds is 9. The predicted octanol–water partition coefficient (Wildman–Crippen LogP) is 2.28. The number of hydrogen-bond donors (Lipinski definition) is 1. The quantitative estimate of drug-likeness (QED) is 0.719. The first-order valence-corrected chi connectivity index (χ1v) is 9.99. The number of carbonyl (C=O) groups excluding carboxylic acids is 2. The third kappa shape index (κ3) is 6.86. The van der Waals surface area contributed by atoms with Crippen LogP contribution < -0.4 is 10.1 Å². The van der Waals surface area contributed by atoms with E-state index >= 15 is 0 Å². The Morgan fingerprint density at radius 3 is 2.44 bits per heavy atom. The monoisotopic (exact) mass is 375 g/mol. The van der Waals surface area contributed by atoms with E-state index < -0.39 is 0 Å². The molecule has 2 amide bonds. The van der Waals surface area contributed by atoms with Crippen LogP contribution in [0.15, 0.2) is 24.3 Å². The van der Waals surface area contributed by atoms with Gasteiger partial charge in [-0.3, -0.25) is 14.5 Å². The van der Waals surface area contributed by atoms with Crippen molar-refractivity contribution in [3.8, 4) is 5.75 Å². The molecule has 0 aromatic heterocycles. The lowest BCUT2D eigenvalue weighted by molar-refractivity contribution is -0.132. The zero-order valence-electron chi connectivity index (χ0n) is 16.9. The van der Waals surface area contributed by atoms with Crippen molar-refractivity contribution in [1.29, 1.82) is 0 Å². The Morgan fingerprint density at radius 1 is 1.19 bits per heavy atom. The van der Waals surface area contributed by atoms with Gasteiger partial charge in [0.25, 0.3) is 0 Å². The number of carbonyl (C=O) groups is 2. The fourth-order valence-electron chi connectivity index (χ4n) is 3.28. The molecule has 6 nitrogen and oxygen atoms in total. The highest BCUT2D eigenvalue weighted by Gasteiger charge is 2.26. The second-order valence-corrected chi connectivity index (χ2v) is 7.17. The van der Waals surface area contributed by atoms with E-state index in [1.54, 1.807) is 4.90 Å². The first kappa shape index (κ1) is 21.2.